The highest BCUT2D eigenvalue weighted by Gasteiger charge is 2.15. The van der Waals surface area contributed by atoms with Crippen LogP contribution in [0.1, 0.15) is 48.3 Å². The van der Waals surface area contributed by atoms with Crippen molar-refractivity contribution in [2.45, 2.75) is 52.7 Å². The highest BCUT2D eigenvalue weighted by molar-refractivity contribution is 7.11. The Labute approximate surface area is 106 Å². The number of nitrogens with zero attached hydrogens (tertiary/aromatic N) is 1. The molecular formula is C12H20N2O2S. The van der Waals surface area contributed by atoms with Crippen LogP contribution in [0, 0.1) is 13.8 Å². The molecular weight excluding hydrogens is 236 g/mol. The molecule has 0 aliphatic carbocycles. The molecule has 2 N–H and O–H groups in total. The van der Waals surface area contributed by atoms with E-state index in [9.17, 15) is 4.79 Å². The van der Waals surface area contributed by atoms with Crippen LogP contribution in [-0.4, -0.2) is 22.1 Å². The molecule has 0 spiro atoms. The maximum atomic E-state index is 11.6. The Morgan fingerprint density at radius 1 is 1.47 bits per heavy atom. The summed E-state index contributed by atoms with van der Waals surface area (Å²) in [6.45, 7) is 7.56. The lowest BCUT2D eigenvalue weighted by Gasteiger charge is -2.13. The first-order valence-corrected chi connectivity index (χ1v) is 6.63. The molecule has 0 bridgehead atoms. The van der Waals surface area contributed by atoms with E-state index in [2.05, 4.69) is 10.3 Å². The number of rotatable bonds is 5. The van der Waals surface area contributed by atoms with Gasteiger partial charge in [-0.25, -0.2) is 4.98 Å². The van der Waals surface area contributed by atoms with Crippen molar-refractivity contribution >= 4 is 17.2 Å². The van der Waals surface area contributed by atoms with Crippen LogP contribution in [0.2, 0.25) is 0 Å². The molecule has 1 amide bonds. The fraction of sp³-hybridized carbons (Fsp3) is 0.667. The van der Waals surface area contributed by atoms with E-state index < -0.39 is 6.10 Å². The van der Waals surface area contributed by atoms with Gasteiger partial charge >= 0.3 is 0 Å². The van der Waals surface area contributed by atoms with E-state index in [0.29, 0.717) is 12.8 Å². The SMILES string of the molecule is Cc1nc(C)c(C(C)NC(=O)CCC(C)O)s1. The van der Waals surface area contributed by atoms with Crippen LogP contribution in [0.25, 0.3) is 0 Å². The van der Waals surface area contributed by atoms with E-state index in [-0.39, 0.29) is 11.9 Å². The molecule has 5 heteroatoms. The lowest BCUT2D eigenvalue weighted by Crippen LogP contribution is -2.27. The van der Waals surface area contributed by atoms with Gasteiger partial charge in [-0.3, -0.25) is 4.79 Å². The number of nitrogens with one attached hydrogen (secondary N) is 1. The van der Waals surface area contributed by atoms with Crippen LogP contribution >= 0.6 is 11.3 Å². The predicted octanol–water partition coefficient (Wildman–Crippen LogP) is 2.10. The number of carbonyl (C=O) groups excluding carboxylic acids is 1. The Bertz CT molecular complexity index is 388. The smallest absolute Gasteiger partial charge is 0.220 e. The summed E-state index contributed by atoms with van der Waals surface area (Å²) in [5.74, 6) is -0.0242. The Hall–Kier alpha value is -0.940. The van der Waals surface area contributed by atoms with Crippen LogP contribution in [-0.2, 0) is 4.79 Å². The summed E-state index contributed by atoms with van der Waals surface area (Å²) in [6.07, 6.45) is 0.432. The molecule has 0 aliphatic rings. The highest BCUT2D eigenvalue weighted by atomic mass is 32.1. The molecule has 0 fully saturated rings. The van der Waals surface area contributed by atoms with Crippen molar-refractivity contribution in [2.75, 3.05) is 0 Å². The number of hydrogen-bond acceptors (Lipinski definition) is 4. The van der Waals surface area contributed by atoms with Gasteiger partial charge in [0, 0.05) is 11.3 Å². The minimum Gasteiger partial charge on any atom is -0.393 e. The van der Waals surface area contributed by atoms with Gasteiger partial charge in [0.25, 0.3) is 0 Å². The van der Waals surface area contributed by atoms with Gasteiger partial charge in [-0.15, -0.1) is 11.3 Å². The number of aromatic nitrogens is 1. The summed E-state index contributed by atoms with van der Waals surface area (Å²) in [4.78, 5) is 17.1. The summed E-state index contributed by atoms with van der Waals surface area (Å²) in [7, 11) is 0. The minimum absolute atomic E-state index is 0.0114. The molecule has 1 aromatic heterocycles. The molecule has 2 unspecified atom stereocenters. The number of amides is 1. The molecule has 1 aromatic rings. The number of aryl methyl sites for hydroxylation is 2. The van der Waals surface area contributed by atoms with Gasteiger partial charge in [-0.2, -0.15) is 0 Å². The first-order chi connectivity index (χ1) is 7.90. The molecule has 0 aromatic carbocycles. The normalized spacial score (nSPS) is 14.4. The Morgan fingerprint density at radius 2 is 2.12 bits per heavy atom. The number of hydrogen-bond donors (Lipinski definition) is 2. The van der Waals surface area contributed by atoms with Crippen LogP contribution < -0.4 is 5.32 Å². The second-order valence-corrected chi connectivity index (χ2v) is 5.59. The monoisotopic (exact) mass is 256 g/mol. The zero-order valence-electron chi connectivity index (χ0n) is 10.8. The van der Waals surface area contributed by atoms with Crippen molar-refractivity contribution in [1.82, 2.24) is 10.3 Å². The molecule has 0 saturated carbocycles. The quantitative estimate of drug-likeness (QED) is 0.848. The second kappa shape index (κ2) is 6.12. The number of carbonyl (C=O) groups is 1. The predicted molar refractivity (Wildman–Crippen MR) is 69.1 cm³/mol. The summed E-state index contributed by atoms with van der Waals surface area (Å²) in [5, 5.41) is 13.1. The molecule has 0 aliphatic heterocycles. The average Bonchev–Trinajstić information content (AvgIpc) is 2.55. The van der Waals surface area contributed by atoms with E-state index in [1.54, 1.807) is 18.3 Å². The summed E-state index contributed by atoms with van der Waals surface area (Å²) in [6, 6.07) is -0.0114. The third kappa shape index (κ3) is 4.44. The third-order valence-electron chi connectivity index (χ3n) is 2.50. The Kier molecular flexibility index (Phi) is 5.08. The topological polar surface area (TPSA) is 62.2 Å². The van der Waals surface area contributed by atoms with Gasteiger partial charge in [0.2, 0.25) is 5.91 Å². The number of thiazole rings is 1. The average molecular weight is 256 g/mol. The van der Waals surface area contributed by atoms with Crippen LogP contribution in [0.3, 0.4) is 0 Å². The lowest BCUT2D eigenvalue weighted by molar-refractivity contribution is -0.122. The molecule has 96 valence electrons. The lowest BCUT2D eigenvalue weighted by atomic mass is 10.2. The fourth-order valence-corrected chi connectivity index (χ4v) is 2.60. The van der Waals surface area contributed by atoms with E-state index >= 15 is 0 Å². The van der Waals surface area contributed by atoms with Crippen LogP contribution in [0.4, 0.5) is 0 Å². The molecule has 2 atom stereocenters. The van der Waals surface area contributed by atoms with E-state index in [1.165, 1.54) is 0 Å². The Balaban J connectivity index is 2.51. The van der Waals surface area contributed by atoms with E-state index in [4.69, 9.17) is 5.11 Å². The number of aliphatic hydroxyl groups excluding tert-OH is 1. The van der Waals surface area contributed by atoms with Crippen molar-refractivity contribution in [3.05, 3.63) is 15.6 Å². The van der Waals surface area contributed by atoms with E-state index in [0.717, 1.165) is 15.6 Å². The van der Waals surface area contributed by atoms with Crippen LogP contribution in [0.15, 0.2) is 0 Å². The molecule has 1 heterocycles. The maximum absolute atomic E-state index is 11.6. The first kappa shape index (κ1) is 14.1. The third-order valence-corrected chi connectivity index (χ3v) is 3.75. The van der Waals surface area contributed by atoms with Crippen molar-refractivity contribution in [1.29, 1.82) is 0 Å². The van der Waals surface area contributed by atoms with Crippen LogP contribution in [0.5, 0.6) is 0 Å². The molecule has 0 saturated heterocycles. The molecule has 0 radical (unpaired) electrons. The van der Waals surface area contributed by atoms with Gasteiger partial charge in [0.1, 0.15) is 0 Å². The minimum atomic E-state index is -0.427. The zero-order valence-corrected chi connectivity index (χ0v) is 11.6. The van der Waals surface area contributed by atoms with Crippen molar-refractivity contribution in [3.8, 4) is 0 Å². The van der Waals surface area contributed by atoms with Gasteiger partial charge in [-0.05, 0) is 34.1 Å². The highest BCUT2D eigenvalue weighted by Crippen LogP contribution is 2.24. The maximum Gasteiger partial charge on any atom is 0.220 e. The molecule has 4 nitrogen and oxygen atoms in total. The molecule has 17 heavy (non-hydrogen) atoms. The summed E-state index contributed by atoms with van der Waals surface area (Å²) in [5.41, 5.74) is 0.982. The standard InChI is InChI=1S/C12H20N2O2S/c1-7(15)5-6-11(16)14-9(3)12-8(2)13-10(4)17-12/h7,9,15H,5-6H2,1-4H3,(H,14,16). The number of aliphatic hydroxyl groups is 1. The fourth-order valence-electron chi connectivity index (χ4n) is 1.67. The van der Waals surface area contributed by atoms with Gasteiger partial charge in [0.05, 0.1) is 22.8 Å². The summed E-state index contributed by atoms with van der Waals surface area (Å²) < 4.78 is 0. The van der Waals surface area contributed by atoms with Crippen molar-refractivity contribution in [2.24, 2.45) is 0 Å². The van der Waals surface area contributed by atoms with Gasteiger partial charge in [-0.1, -0.05) is 0 Å². The Morgan fingerprint density at radius 3 is 2.59 bits per heavy atom. The van der Waals surface area contributed by atoms with Crippen molar-refractivity contribution in [3.63, 3.8) is 0 Å². The largest absolute Gasteiger partial charge is 0.393 e. The zero-order chi connectivity index (χ0) is 13.0. The molecule has 1 rings (SSSR count). The first-order valence-electron chi connectivity index (χ1n) is 5.81. The van der Waals surface area contributed by atoms with Crippen molar-refractivity contribution < 1.29 is 9.90 Å². The van der Waals surface area contributed by atoms with Gasteiger partial charge in [0.15, 0.2) is 0 Å². The second-order valence-electron chi connectivity index (χ2n) is 4.36. The van der Waals surface area contributed by atoms with E-state index in [1.807, 2.05) is 20.8 Å². The summed E-state index contributed by atoms with van der Waals surface area (Å²) >= 11 is 1.61. The van der Waals surface area contributed by atoms with Gasteiger partial charge < -0.3 is 10.4 Å².